The van der Waals surface area contributed by atoms with E-state index in [-0.39, 0.29) is 17.1 Å². The number of aryl methyl sites for hydroxylation is 1. The predicted octanol–water partition coefficient (Wildman–Crippen LogP) is 4.76. The quantitative estimate of drug-likeness (QED) is 0.593. The maximum Gasteiger partial charge on any atom is 0.434 e. The minimum atomic E-state index is -4.47. The van der Waals surface area contributed by atoms with Gasteiger partial charge in [-0.25, -0.2) is 9.97 Å². The summed E-state index contributed by atoms with van der Waals surface area (Å²) in [6.45, 7) is 1.94. The molecule has 3 rings (SSSR count). The fourth-order valence-corrected chi connectivity index (χ4v) is 2.87. The van der Waals surface area contributed by atoms with Gasteiger partial charge in [0.2, 0.25) is 5.28 Å². The molecular formula is C18H18ClF3N6. The van der Waals surface area contributed by atoms with Gasteiger partial charge in [-0.05, 0) is 24.1 Å². The molecule has 0 saturated heterocycles. The Morgan fingerprint density at radius 2 is 1.82 bits per heavy atom. The first-order chi connectivity index (χ1) is 13.2. The van der Waals surface area contributed by atoms with Crippen LogP contribution in [0, 0.1) is 0 Å². The van der Waals surface area contributed by atoms with Crippen molar-refractivity contribution in [2.24, 2.45) is 7.05 Å². The molecule has 3 aromatic rings. The van der Waals surface area contributed by atoms with E-state index in [0.29, 0.717) is 17.1 Å². The lowest BCUT2D eigenvalue weighted by Crippen LogP contribution is -2.10. The number of hydrogen-bond acceptors (Lipinski definition) is 5. The Morgan fingerprint density at radius 3 is 2.39 bits per heavy atom. The number of benzene rings is 1. The summed E-state index contributed by atoms with van der Waals surface area (Å²) in [4.78, 5) is 11.8. The van der Waals surface area contributed by atoms with Gasteiger partial charge < -0.3 is 15.2 Å². The molecule has 0 saturated carbocycles. The van der Waals surface area contributed by atoms with Gasteiger partial charge in [-0.15, -0.1) is 0 Å². The summed E-state index contributed by atoms with van der Waals surface area (Å²) < 4.78 is 39.9. The Kier molecular flexibility index (Phi) is 5.46. The molecule has 0 aliphatic heterocycles. The van der Waals surface area contributed by atoms with Crippen LogP contribution in [0.4, 0.5) is 24.7 Å². The van der Waals surface area contributed by atoms with Crippen molar-refractivity contribution >= 4 is 23.1 Å². The van der Waals surface area contributed by atoms with Crippen molar-refractivity contribution in [2.75, 3.05) is 17.7 Å². The van der Waals surface area contributed by atoms with Crippen molar-refractivity contribution in [2.45, 2.75) is 19.1 Å². The van der Waals surface area contributed by atoms with Crippen LogP contribution in [0.2, 0.25) is 5.28 Å². The van der Waals surface area contributed by atoms with Gasteiger partial charge in [0, 0.05) is 25.9 Å². The number of nitrogens with one attached hydrogen (secondary N) is 2. The molecule has 148 valence electrons. The maximum absolute atomic E-state index is 12.9. The zero-order chi connectivity index (χ0) is 20.5. The van der Waals surface area contributed by atoms with Crippen LogP contribution in [0.3, 0.4) is 0 Å². The van der Waals surface area contributed by atoms with Gasteiger partial charge in [0.15, 0.2) is 11.5 Å². The monoisotopic (exact) mass is 410 g/mol. The molecule has 2 N–H and O–H groups in total. The van der Waals surface area contributed by atoms with Gasteiger partial charge in [0.05, 0.1) is 17.9 Å². The Balaban J connectivity index is 1.81. The number of anilines is 2. The van der Waals surface area contributed by atoms with Crippen molar-refractivity contribution < 1.29 is 13.2 Å². The van der Waals surface area contributed by atoms with Crippen molar-refractivity contribution in [3.8, 4) is 11.4 Å². The number of imidazole rings is 1. The van der Waals surface area contributed by atoms with Crippen LogP contribution >= 0.6 is 11.6 Å². The minimum Gasteiger partial charge on any atom is -0.384 e. The van der Waals surface area contributed by atoms with Crippen molar-refractivity contribution in [1.29, 1.82) is 0 Å². The van der Waals surface area contributed by atoms with E-state index in [2.05, 4.69) is 25.6 Å². The van der Waals surface area contributed by atoms with Gasteiger partial charge in [-0.1, -0.05) is 24.3 Å². The maximum atomic E-state index is 12.9. The molecule has 1 unspecified atom stereocenters. The fraction of sp³-hybridized carbons (Fsp3) is 0.278. The van der Waals surface area contributed by atoms with Gasteiger partial charge >= 0.3 is 6.18 Å². The largest absolute Gasteiger partial charge is 0.434 e. The van der Waals surface area contributed by atoms with E-state index < -0.39 is 11.9 Å². The second kappa shape index (κ2) is 7.67. The van der Waals surface area contributed by atoms with Gasteiger partial charge in [-0.3, -0.25) is 0 Å². The van der Waals surface area contributed by atoms with Crippen LogP contribution in [0.15, 0.2) is 36.7 Å². The molecule has 0 amide bonds. The highest BCUT2D eigenvalue weighted by Gasteiger charge is 2.34. The molecule has 10 heteroatoms. The highest BCUT2D eigenvalue weighted by atomic mass is 35.5. The SMILES string of the molecule is CNc1cnc(Cl)nc1NC(C)c1ccc(-c2nc(C(F)(F)F)cn2C)cc1. The molecule has 0 radical (unpaired) electrons. The van der Waals surface area contributed by atoms with Crippen LogP contribution in [0.5, 0.6) is 0 Å². The topological polar surface area (TPSA) is 67.7 Å². The van der Waals surface area contributed by atoms with Crippen LogP contribution < -0.4 is 10.6 Å². The van der Waals surface area contributed by atoms with E-state index >= 15 is 0 Å². The zero-order valence-electron chi connectivity index (χ0n) is 15.3. The third-order valence-corrected chi connectivity index (χ3v) is 4.40. The third kappa shape index (κ3) is 4.19. The molecule has 6 nitrogen and oxygen atoms in total. The lowest BCUT2D eigenvalue weighted by Gasteiger charge is -2.17. The highest BCUT2D eigenvalue weighted by molar-refractivity contribution is 6.28. The lowest BCUT2D eigenvalue weighted by atomic mass is 10.1. The summed E-state index contributed by atoms with van der Waals surface area (Å²) in [5.41, 5.74) is 1.30. The summed E-state index contributed by atoms with van der Waals surface area (Å²) in [5, 5.41) is 6.35. The zero-order valence-corrected chi connectivity index (χ0v) is 16.1. The summed E-state index contributed by atoms with van der Waals surface area (Å²) in [7, 11) is 3.28. The smallest absolute Gasteiger partial charge is 0.384 e. The molecule has 28 heavy (non-hydrogen) atoms. The van der Waals surface area contributed by atoms with Crippen LogP contribution in [0.1, 0.15) is 24.2 Å². The number of hydrogen-bond donors (Lipinski definition) is 2. The molecule has 0 spiro atoms. The van der Waals surface area contributed by atoms with Crippen LogP contribution in [-0.4, -0.2) is 26.6 Å². The minimum absolute atomic E-state index is 0.124. The van der Waals surface area contributed by atoms with E-state index in [9.17, 15) is 13.2 Å². The second-order valence-corrected chi connectivity index (χ2v) is 6.54. The first kappa shape index (κ1) is 19.9. The Bertz CT molecular complexity index is 968. The average Bonchev–Trinajstić information content (AvgIpc) is 3.04. The normalized spacial score (nSPS) is 12.7. The number of halogens is 4. The standard InChI is InChI=1S/C18H18ClF3N6/c1-10(25-15-13(23-2)8-24-17(19)27-15)11-4-6-12(7-5-11)16-26-14(9-28(16)3)18(20,21)22/h4-10,23H,1-3H3,(H,24,25,27). The van der Waals surface area contributed by atoms with E-state index in [0.717, 1.165) is 11.8 Å². The summed E-state index contributed by atoms with van der Waals surface area (Å²) in [5.74, 6) is 0.803. The molecule has 0 fully saturated rings. The molecule has 2 aromatic heterocycles. The number of aromatic nitrogens is 4. The van der Waals surface area contributed by atoms with Crippen molar-refractivity contribution in [1.82, 2.24) is 19.5 Å². The molecular weight excluding hydrogens is 393 g/mol. The lowest BCUT2D eigenvalue weighted by molar-refractivity contribution is -0.140. The molecule has 1 aromatic carbocycles. The average molecular weight is 411 g/mol. The number of alkyl halides is 3. The molecule has 2 heterocycles. The van der Waals surface area contributed by atoms with E-state index in [1.807, 2.05) is 19.1 Å². The van der Waals surface area contributed by atoms with E-state index in [1.165, 1.54) is 11.6 Å². The Labute approximate surface area is 164 Å². The van der Waals surface area contributed by atoms with Gasteiger partial charge in [-0.2, -0.15) is 18.2 Å². The molecule has 0 aliphatic rings. The molecule has 0 aliphatic carbocycles. The predicted molar refractivity (Wildman–Crippen MR) is 102 cm³/mol. The number of rotatable bonds is 5. The van der Waals surface area contributed by atoms with Gasteiger partial charge in [0.1, 0.15) is 5.82 Å². The first-order valence-corrected chi connectivity index (χ1v) is 8.74. The number of nitrogens with zero attached hydrogens (tertiary/aromatic N) is 4. The first-order valence-electron chi connectivity index (χ1n) is 8.36. The van der Waals surface area contributed by atoms with E-state index in [1.54, 1.807) is 25.4 Å². The van der Waals surface area contributed by atoms with Crippen LogP contribution in [-0.2, 0) is 13.2 Å². The molecule has 1 atom stereocenters. The van der Waals surface area contributed by atoms with Crippen molar-refractivity contribution in [3.05, 3.63) is 53.2 Å². The Morgan fingerprint density at radius 1 is 1.14 bits per heavy atom. The second-order valence-electron chi connectivity index (χ2n) is 6.20. The third-order valence-electron chi connectivity index (χ3n) is 4.22. The summed E-state index contributed by atoms with van der Waals surface area (Å²) in [6.07, 6.45) is -1.92. The van der Waals surface area contributed by atoms with Crippen molar-refractivity contribution in [3.63, 3.8) is 0 Å². The summed E-state index contributed by atoms with van der Waals surface area (Å²) >= 11 is 5.86. The Hall–Kier alpha value is -2.81. The summed E-state index contributed by atoms with van der Waals surface area (Å²) in [6, 6.07) is 7.01. The van der Waals surface area contributed by atoms with Crippen LogP contribution in [0.25, 0.3) is 11.4 Å². The highest BCUT2D eigenvalue weighted by Crippen LogP contribution is 2.31. The van der Waals surface area contributed by atoms with Gasteiger partial charge in [0.25, 0.3) is 0 Å². The van der Waals surface area contributed by atoms with E-state index in [4.69, 9.17) is 11.6 Å². The fourth-order valence-electron chi connectivity index (χ4n) is 2.73. The molecule has 0 bridgehead atoms.